The van der Waals surface area contributed by atoms with E-state index >= 15 is 0 Å². The minimum Gasteiger partial charge on any atom is -0.375 e. The molecule has 0 rings (SSSR count). The van der Waals surface area contributed by atoms with Crippen LogP contribution in [0.15, 0.2) is 0 Å². The molecule has 1 amide bonds. The lowest BCUT2D eigenvalue weighted by atomic mass is 10.2. The van der Waals surface area contributed by atoms with Crippen molar-refractivity contribution in [1.82, 2.24) is 10.6 Å². The van der Waals surface area contributed by atoms with Crippen LogP contribution in [-0.4, -0.2) is 37.7 Å². The summed E-state index contributed by atoms with van der Waals surface area (Å²) in [5.74, 6) is 0.539. The molecule has 4 nitrogen and oxygen atoms in total. The third-order valence-electron chi connectivity index (χ3n) is 1.81. The van der Waals surface area contributed by atoms with Gasteiger partial charge in [0.15, 0.2) is 0 Å². The summed E-state index contributed by atoms with van der Waals surface area (Å²) >= 11 is 0. The third-order valence-corrected chi connectivity index (χ3v) is 1.81. The van der Waals surface area contributed by atoms with Crippen LogP contribution in [0.3, 0.4) is 0 Å². The summed E-state index contributed by atoms with van der Waals surface area (Å²) in [6, 6.07) is 0. The summed E-state index contributed by atoms with van der Waals surface area (Å²) in [5, 5.41) is 5.89. The van der Waals surface area contributed by atoms with Crippen molar-refractivity contribution < 1.29 is 9.53 Å². The molecule has 0 aromatic heterocycles. The Morgan fingerprint density at radius 3 is 2.44 bits per heavy atom. The molecule has 0 fully saturated rings. The highest BCUT2D eigenvalue weighted by atomic mass is 16.5. The average molecular weight is 230 g/mol. The van der Waals surface area contributed by atoms with Crippen LogP contribution in [0.25, 0.3) is 0 Å². The molecule has 0 aliphatic rings. The number of hydrogen-bond acceptors (Lipinski definition) is 3. The van der Waals surface area contributed by atoms with E-state index in [1.54, 1.807) is 0 Å². The fourth-order valence-corrected chi connectivity index (χ4v) is 1.01. The number of amides is 1. The van der Waals surface area contributed by atoms with Crippen molar-refractivity contribution in [2.24, 2.45) is 5.92 Å². The lowest BCUT2D eigenvalue weighted by molar-refractivity contribution is -0.120. The standard InChI is InChI=1S/C12H26N2O2/c1-10(2)8-14-11(15)9-13-6-7-16-12(3,4)5/h10,13H,6-9H2,1-5H3,(H,14,15). The van der Waals surface area contributed by atoms with E-state index in [4.69, 9.17) is 4.74 Å². The molecule has 0 saturated heterocycles. The number of carbonyl (C=O) groups is 1. The topological polar surface area (TPSA) is 50.4 Å². The normalized spacial score (nSPS) is 11.9. The maximum Gasteiger partial charge on any atom is 0.233 e. The van der Waals surface area contributed by atoms with Gasteiger partial charge in [-0.1, -0.05) is 13.8 Å². The van der Waals surface area contributed by atoms with Gasteiger partial charge in [0.2, 0.25) is 5.91 Å². The van der Waals surface area contributed by atoms with Crippen molar-refractivity contribution >= 4 is 5.91 Å². The van der Waals surface area contributed by atoms with E-state index in [2.05, 4.69) is 24.5 Å². The number of nitrogens with one attached hydrogen (secondary N) is 2. The zero-order valence-corrected chi connectivity index (χ0v) is 11.2. The van der Waals surface area contributed by atoms with E-state index in [9.17, 15) is 4.79 Å². The predicted octanol–water partition coefficient (Wildman–Crippen LogP) is 1.16. The number of carbonyl (C=O) groups excluding carboxylic acids is 1. The van der Waals surface area contributed by atoms with Crippen LogP contribution in [0.4, 0.5) is 0 Å². The molecule has 0 aromatic carbocycles. The summed E-state index contributed by atoms with van der Waals surface area (Å²) in [4.78, 5) is 11.3. The van der Waals surface area contributed by atoms with E-state index in [1.165, 1.54) is 0 Å². The minimum atomic E-state index is -0.110. The van der Waals surface area contributed by atoms with Gasteiger partial charge in [0.1, 0.15) is 0 Å². The Kier molecular flexibility index (Phi) is 7.34. The molecule has 0 saturated carbocycles. The van der Waals surface area contributed by atoms with Crippen molar-refractivity contribution in [1.29, 1.82) is 0 Å². The van der Waals surface area contributed by atoms with Gasteiger partial charge >= 0.3 is 0 Å². The molecule has 96 valence electrons. The zero-order valence-electron chi connectivity index (χ0n) is 11.2. The molecule has 0 radical (unpaired) electrons. The maximum atomic E-state index is 11.3. The van der Waals surface area contributed by atoms with Gasteiger partial charge < -0.3 is 15.4 Å². The molecule has 0 aromatic rings. The second-order valence-corrected chi connectivity index (χ2v) is 5.34. The first kappa shape index (κ1) is 15.4. The molecule has 0 atom stereocenters. The second-order valence-electron chi connectivity index (χ2n) is 5.34. The Labute approximate surface area is 99.1 Å². The SMILES string of the molecule is CC(C)CNC(=O)CNCCOC(C)(C)C. The molecule has 0 spiro atoms. The van der Waals surface area contributed by atoms with E-state index < -0.39 is 0 Å². The fraction of sp³-hybridized carbons (Fsp3) is 0.917. The summed E-state index contributed by atoms with van der Waals surface area (Å²) < 4.78 is 5.52. The van der Waals surface area contributed by atoms with Gasteiger partial charge in [-0.05, 0) is 26.7 Å². The first-order valence-corrected chi connectivity index (χ1v) is 5.92. The highest BCUT2D eigenvalue weighted by Crippen LogP contribution is 2.04. The van der Waals surface area contributed by atoms with Crippen LogP contribution in [0.5, 0.6) is 0 Å². The highest BCUT2D eigenvalue weighted by molar-refractivity contribution is 5.77. The molecular weight excluding hydrogens is 204 g/mol. The van der Waals surface area contributed by atoms with Gasteiger partial charge in [0.25, 0.3) is 0 Å². The van der Waals surface area contributed by atoms with Crippen molar-refractivity contribution in [2.45, 2.75) is 40.2 Å². The molecule has 0 unspecified atom stereocenters. The molecule has 2 N–H and O–H groups in total. The smallest absolute Gasteiger partial charge is 0.233 e. The van der Waals surface area contributed by atoms with Crippen molar-refractivity contribution in [3.05, 3.63) is 0 Å². The van der Waals surface area contributed by atoms with Crippen LogP contribution in [0, 0.1) is 5.92 Å². The van der Waals surface area contributed by atoms with E-state index in [1.807, 2.05) is 20.8 Å². The number of rotatable bonds is 7. The van der Waals surface area contributed by atoms with E-state index in [0.717, 1.165) is 6.54 Å². The Hall–Kier alpha value is -0.610. The van der Waals surface area contributed by atoms with Crippen molar-refractivity contribution in [3.63, 3.8) is 0 Å². The first-order valence-electron chi connectivity index (χ1n) is 5.92. The quantitative estimate of drug-likeness (QED) is 0.645. The Morgan fingerprint density at radius 2 is 1.94 bits per heavy atom. The largest absolute Gasteiger partial charge is 0.375 e. The van der Waals surface area contributed by atoms with Crippen LogP contribution in [-0.2, 0) is 9.53 Å². The Balaban J connectivity index is 3.35. The fourth-order valence-electron chi connectivity index (χ4n) is 1.01. The molecule has 16 heavy (non-hydrogen) atoms. The number of hydrogen-bond donors (Lipinski definition) is 2. The molecule has 0 aliphatic carbocycles. The Bertz CT molecular complexity index is 198. The van der Waals surface area contributed by atoms with Gasteiger partial charge in [0.05, 0.1) is 18.8 Å². The van der Waals surface area contributed by atoms with Crippen LogP contribution in [0.2, 0.25) is 0 Å². The lowest BCUT2D eigenvalue weighted by Crippen LogP contribution is -2.37. The van der Waals surface area contributed by atoms with E-state index in [-0.39, 0.29) is 11.5 Å². The third kappa shape index (κ3) is 11.5. The monoisotopic (exact) mass is 230 g/mol. The summed E-state index contributed by atoms with van der Waals surface area (Å²) in [5.41, 5.74) is -0.110. The number of ether oxygens (including phenoxy) is 1. The van der Waals surface area contributed by atoms with Crippen LogP contribution >= 0.6 is 0 Å². The van der Waals surface area contributed by atoms with Crippen molar-refractivity contribution in [2.75, 3.05) is 26.2 Å². The summed E-state index contributed by atoms with van der Waals surface area (Å²) in [7, 11) is 0. The summed E-state index contributed by atoms with van der Waals surface area (Å²) in [6.45, 7) is 12.6. The molecule has 4 heteroatoms. The maximum absolute atomic E-state index is 11.3. The van der Waals surface area contributed by atoms with Gasteiger partial charge in [-0.15, -0.1) is 0 Å². The summed E-state index contributed by atoms with van der Waals surface area (Å²) in [6.07, 6.45) is 0. The lowest BCUT2D eigenvalue weighted by Gasteiger charge is -2.19. The van der Waals surface area contributed by atoms with Crippen LogP contribution < -0.4 is 10.6 Å². The minimum absolute atomic E-state index is 0.0458. The molecule has 0 heterocycles. The van der Waals surface area contributed by atoms with E-state index in [0.29, 0.717) is 25.6 Å². The highest BCUT2D eigenvalue weighted by Gasteiger charge is 2.09. The predicted molar refractivity (Wildman–Crippen MR) is 66.4 cm³/mol. The first-order chi connectivity index (χ1) is 7.31. The van der Waals surface area contributed by atoms with Crippen molar-refractivity contribution in [3.8, 4) is 0 Å². The molecule has 0 aliphatic heterocycles. The van der Waals surface area contributed by atoms with Gasteiger partial charge in [-0.3, -0.25) is 4.79 Å². The Morgan fingerprint density at radius 1 is 1.31 bits per heavy atom. The van der Waals surface area contributed by atoms with Gasteiger partial charge in [-0.2, -0.15) is 0 Å². The van der Waals surface area contributed by atoms with Crippen LogP contribution in [0.1, 0.15) is 34.6 Å². The second kappa shape index (κ2) is 7.63. The molecular formula is C12H26N2O2. The van der Waals surface area contributed by atoms with Gasteiger partial charge in [0, 0.05) is 13.1 Å². The zero-order chi connectivity index (χ0) is 12.6. The molecule has 0 bridgehead atoms. The van der Waals surface area contributed by atoms with Gasteiger partial charge in [-0.25, -0.2) is 0 Å². The average Bonchev–Trinajstić information content (AvgIpc) is 2.12.